The standard InChI is InChI=1S/C10H14ClNS/c11-8-6-13-9-4-2-1-3-7(5-12)10(8)9/h6-7H,1-5,12H2. The van der Waals surface area contributed by atoms with E-state index in [1.54, 1.807) is 11.3 Å². The fourth-order valence-corrected chi connectivity index (χ4v) is 3.55. The molecule has 0 saturated heterocycles. The molecule has 0 fully saturated rings. The van der Waals surface area contributed by atoms with E-state index in [2.05, 4.69) is 5.38 Å². The van der Waals surface area contributed by atoms with Gasteiger partial charge < -0.3 is 5.73 Å². The van der Waals surface area contributed by atoms with Crippen LogP contribution < -0.4 is 5.73 Å². The molecular formula is C10H14ClNS. The molecule has 0 bridgehead atoms. The van der Waals surface area contributed by atoms with E-state index in [1.165, 1.54) is 36.1 Å². The second kappa shape index (κ2) is 3.99. The number of halogens is 1. The molecule has 0 amide bonds. The zero-order valence-corrected chi connectivity index (χ0v) is 9.13. The summed E-state index contributed by atoms with van der Waals surface area (Å²) in [5.74, 6) is 0.510. The third-order valence-corrected chi connectivity index (χ3v) is 4.27. The summed E-state index contributed by atoms with van der Waals surface area (Å²) in [7, 11) is 0. The summed E-state index contributed by atoms with van der Waals surface area (Å²) in [4.78, 5) is 1.47. The van der Waals surface area contributed by atoms with Crippen LogP contribution in [0.1, 0.15) is 35.6 Å². The van der Waals surface area contributed by atoms with Gasteiger partial charge in [0.25, 0.3) is 0 Å². The van der Waals surface area contributed by atoms with Crippen molar-refractivity contribution in [1.29, 1.82) is 0 Å². The van der Waals surface area contributed by atoms with Crippen LogP contribution in [0.2, 0.25) is 5.02 Å². The Balaban J connectivity index is 2.38. The summed E-state index contributed by atoms with van der Waals surface area (Å²) in [6.45, 7) is 0.740. The smallest absolute Gasteiger partial charge is 0.0551 e. The van der Waals surface area contributed by atoms with E-state index in [0.717, 1.165) is 11.6 Å². The van der Waals surface area contributed by atoms with Crippen LogP contribution in [0.4, 0.5) is 0 Å². The summed E-state index contributed by atoms with van der Waals surface area (Å²) < 4.78 is 0. The highest BCUT2D eigenvalue weighted by Gasteiger charge is 2.21. The maximum atomic E-state index is 6.16. The molecule has 72 valence electrons. The molecule has 2 N–H and O–H groups in total. The molecule has 1 nitrogen and oxygen atoms in total. The van der Waals surface area contributed by atoms with E-state index in [4.69, 9.17) is 17.3 Å². The molecular weight excluding hydrogens is 202 g/mol. The predicted octanol–water partition coefficient (Wildman–Crippen LogP) is 3.17. The van der Waals surface area contributed by atoms with Crippen LogP contribution >= 0.6 is 22.9 Å². The van der Waals surface area contributed by atoms with Crippen molar-refractivity contribution in [3.63, 3.8) is 0 Å². The number of thiophene rings is 1. The first-order chi connectivity index (χ1) is 6.33. The van der Waals surface area contributed by atoms with Gasteiger partial charge in [0.2, 0.25) is 0 Å². The highest BCUT2D eigenvalue weighted by atomic mass is 35.5. The monoisotopic (exact) mass is 215 g/mol. The van der Waals surface area contributed by atoms with Crippen LogP contribution in [0.15, 0.2) is 5.38 Å². The lowest BCUT2D eigenvalue weighted by Gasteiger charge is -2.12. The molecule has 13 heavy (non-hydrogen) atoms. The molecule has 1 aromatic heterocycles. The van der Waals surface area contributed by atoms with E-state index in [0.29, 0.717) is 5.92 Å². The molecule has 1 aliphatic carbocycles. The zero-order valence-electron chi connectivity index (χ0n) is 7.55. The molecule has 0 spiro atoms. The number of nitrogens with two attached hydrogens (primary N) is 1. The average molecular weight is 216 g/mol. The number of aryl methyl sites for hydroxylation is 1. The van der Waals surface area contributed by atoms with Crippen molar-refractivity contribution in [3.8, 4) is 0 Å². The van der Waals surface area contributed by atoms with Crippen molar-refractivity contribution in [1.82, 2.24) is 0 Å². The topological polar surface area (TPSA) is 26.0 Å². The lowest BCUT2D eigenvalue weighted by Crippen LogP contribution is -2.12. The van der Waals surface area contributed by atoms with Crippen LogP contribution in [0.5, 0.6) is 0 Å². The molecule has 3 heteroatoms. The molecule has 1 aromatic rings. The normalized spacial score (nSPS) is 22.5. The predicted molar refractivity (Wildman–Crippen MR) is 58.7 cm³/mol. The van der Waals surface area contributed by atoms with Crippen LogP contribution in [0, 0.1) is 0 Å². The van der Waals surface area contributed by atoms with Crippen molar-refractivity contribution in [2.75, 3.05) is 6.54 Å². The van der Waals surface area contributed by atoms with Gasteiger partial charge in [0, 0.05) is 10.3 Å². The van der Waals surface area contributed by atoms with Gasteiger partial charge in [-0.25, -0.2) is 0 Å². The lowest BCUT2D eigenvalue weighted by molar-refractivity contribution is 0.603. The van der Waals surface area contributed by atoms with E-state index >= 15 is 0 Å². The molecule has 1 heterocycles. The fraction of sp³-hybridized carbons (Fsp3) is 0.600. The zero-order chi connectivity index (χ0) is 9.26. The van der Waals surface area contributed by atoms with Gasteiger partial charge in [-0.1, -0.05) is 18.0 Å². The largest absolute Gasteiger partial charge is 0.330 e. The molecule has 1 unspecified atom stereocenters. The maximum Gasteiger partial charge on any atom is 0.0551 e. The third kappa shape index (κ3) is 1.76. The minimum absolute atomic E-state index is 0.510. The Morgan fingerprint density at radius 1 is 1.54 bits per heavy atom. The van der Waals surface area contributed by atoms with Crippen molar-refractivity contribution < 1.29 is 0 Å². The second-order valence-electron chi connectivity index (χ2n) is 3.60. The quantitative estimate of drug-likeness (QED) is 0.716. The van der Waals surface area contributed by atoms with Gasteiger partial charge in [-0.3, -0.25) is 0 Å². The molecule has 2 rings (SSSR count). The van der Waals surface area contributed by atoms with Gasteiger partial charge in [0.15, 0.2) is 0 Å². The van der Waals surface area contributed by atoms with Crippen LogP contribution in [-0.2, 0) is 6.42 Å². The molecule has 1 aliphatic rings. The van der Waals surface area contributed by atoms with Crippen LogP contribution in [0.25, 0.3) is 0 Å². The van der Waals surface area contributed by atoms with Gasteiger partial charge in [-0.05, 0) is 37.3 Å². The molecule has 0 saturated carbocycles. The second-order valence-corrected chi connectivity index (χ2v) is 4.97. The van der Waals surface area contributed by atoms with Gasteiger partial charge >= 0.3 is 0 Å². The van der Waals surface area contributed by atoms with E-state index in [9.17, 15) is 0 Å². The Morgan fingerprint density at radius 2 is 2.38 bits per heavy atom. The average Bonchev–Trinajstić information content (AvgIpc) is 2.39. The van der Waals surface area contributed by atoms with E-state index in [-0.39, 0.29) is 0 Å². The third-order valence-electron chi connectivity index (χ3n) is 2.76. The molecule has 0 aliphatic heterocycles. The fourth-order valence-electron chi connectivity index (χ4n) is 2.06. The Kier molecular flexibility index (Phi) is 2.92. The Hall–Kier alpha value is -0.0500. The van der Waals surface area contributed by atoms with E-state index in [1.807, 2.05) is 0 Å². The number of hydrogen-bond acceptors (Lipinski definition) is 2. The Labute approximate surface area is 87.9 Å². The summed E-state index contributed by atoms with van der Waals surface area (Å²) in [5.41, 5.74) is 7.11. The van der Waals surface area contributed by atoms with Gasteiger partial charge in [0.05, 0.1) is 5.02 Å². The SMILES string of the molecule is NCC1CCCCc2scc(Cl)c21. The Morgan fingerprint density at radius 3 is 3.15 bits per heavy atom. The summed E-state index contributed by atoms with van der Waals surface area (Å²) in [6, 6.07) is 0. The highest BCUT2D eigenvalue weighted by Crippen LogP contribution is 2.38. The van der Waals surface area contributed by atoms with Crippen molar-refractivity contribution in [2.45, 2.75) is 31.6 Å². The molecule has 1 atom stereocenters. The minimum atomic E-state index is 0.510. The first-order valence-electron chi connectivity index (χ1n) is 4.78. The van der Waals surface area contributed by atoms with Crippen molar-refractivity contribution >= 4 is 22.9 Å². The highest BCUT2D eigenvalue weighted by molar-refractivity contribution is 7.10. The van der Waals surface area contributed by atoms with Crippen molar-refractivity contribution in [2.24, 2.45) is 5.73 Å². The lowest BCUT2D eigenvalue weighted by atomic mass is 9.97. The van der Waals surface area contributed by atoms with Gasteiger partial charge in [-0.2, -0.15) is 0 Å². The van der Waals surface area contributed by atoms with Crippen LogP contribution in [-0.4, -0.2) is 6.54 Å². The molecule has 0 radical (unpaired) electrons. The minimum Gasteiger partial charge on any atom is -0.330 e. The summed E-state index contributed by atoms with van der Waals surface area (Å²) in [5, 5.41) is 3.00. The first kappa shape index (κ1) is 9.50. The number of rotatable bonds is 1. The molecule has 0 aromatic carbocycles. The number of fused-ring (bicyclic) bond motifs is 1. The maximum absolute atomic E-state index is 6.16. The van der Waals surface area contributed by atoms with Gasteiger partial charge in [0.1, 0.15) is 0 Å². The first-order valence-corrected chi connectivity index (χ1v) is 6.04. The van der Waals surface area contributed by atoms with E-state index < -0.39 is 0 Å². The Bertz CT molecular complexity index is 295. The van der Waals surface area contributed by atoms with Crippen molar-refractivity contribution in [3.05, 3.63) is 20.8 Å². The van der Waals surface area contributed by atoms with Crippen LogP contribution in [0.3, 0.4) is 0 Å². The summed E-state index contributed by atoms with van der Waals surface area (Å²) >= 11 is 7.96. The number of hydrogen-bond donors (Lipinski definition) is 1. The van der Waals surface area contributed by atoms with Gasteiger partial charge in [-0.15, -0.1) is 11.3 Å². The summed E-state index contributed by atoms with van der Waals surface area (Å²) in [6.07, 6.45) is 4.99.